The van der Waals surface area contributed by atoms with Gasteiger partial charge in [0.2, 0.25) is 5.91 Å². The molecule has 0 aromatic carbocycles. The molecule has 2 fully saturated rings. The van der Waals surface area contributed by atoms with Crippen molar-refractivity contribution in [2.75, 3.05) is 52.9 Å². The first-order valence-corrected chi connectivity index (χ1v) is 10.4. The van der Waals surface area contributed by atoms with Gasteiger partial charge in [-0.15, -0.1) is 35.3 Å². The van der Waals surface area contributed by atoms with E-state index >= 15 is 0 Å². The predicted molar refractivity (Wildman–Crippen MR) is 124 cm³/mol. The fourth-order valence-electron chi connectivity index (χ4n) is 3.40. The Morgan fingerprint density at radius 3 is 2.90 bits per heavy atom. The second-order valence-electron chi connectivity index (χ2n) is 6.79. The maximum atomic E-state index is 11.6. The molecular formula is C18H29IN6O3S. The first kappa shape index (κ1) is 23.8. The van der Waals surface area contributed by atoms with Crippen LogP contribution in [0.25, 0.3) is 0 Å². The van der Waals surface area contributed by atoms with E-state index in [2.05, 4.69) is 50.3 Å². The molecule has 0 radical (unpaired) electrons. The number of thiophene rings is 1. The first-order chi connectivity index (χ1) is 13.6. The summed E-state index contributed by atoms with van der Waals surface area (Å²) in [6.07, 6.45) is 0.220. The van der Waals surface area contributed by atoms with Crippen LogP contribution in [0.5, 0.6) is 0 Å². The van der Waals surface area contributed by atoms with Crippen molar-refractivity contribution in [2.45, 2.75) is 19.1 Å². The number of rotatable bonds is 7. The standard InChI is InChI=1S/C18H28N6O3S.HI/c1-13-12-23(7-8-27-13)14(15-4-3-9-28-15)10-21-17(19-2)20-5-6-24-16(25)11-22-18(24)26;/h3-4,9,13-14H,5-8,10-12H2,1-2H3,(H,22,26)(H2,19,20,21);1H. The monoisotopic (exact) mass is 536 g/mol. The van der Waals surface area contributed by atoms with Crippen molar-refractivity contribution in [1.29, 1.82) is 0 Å². The molecule has 2 atom stereocenters. The average Bonchev–Trinajstić information content (AvgIpc) is 3.32. The molecule has 0 saturated carbocycles. The van der Waals surface area contributed by atoms with Crippen LogP contribution in [-0.4, -0.2) is 86.7 Å². The van der Waals surface area contributed by atoms with Gasteiger partial charge in [-0.3, -0.25) is 19.6 Å². The molecule has 2 saturated heterocycles. The number of nitrogens with zero attached hydrogens (tertiary/aromatic N) is 3. The largest absolute Gasteiger partial charge is 0.376 e. The molecule has 1 aromatic rings. The fourth-order valence-corrected chi connectivity index (χ4v) is 4.26. The van der Waals surface area contributed by atoms with E-state index in [1.807, 2.05) is 0 Å². The van der Waals surface area contributed by atoms with Crippen LogP contribution in [0.1, 0.15) is 17.8 Å². The van der Waals surface area contributed by atoms with Gasteiger partial charge in [-0.05, 0) is 18.4 Å². The molecule has 11 heteroatoms. The number of nitrogens with one attached hydrogen (secondary N) is 3. The van der Waals surface area contributed by atoms with E-state index in [0.29, 0.717) is 25.6 Å². The van der Waals surface area contributed by atoms with Crippen LogP contribution in [0.4, 0.5) is 4.79 Å². The van der Waals surface area contributed by atoms with E-state index < -0.39 is 0 Å². The highest BCUT2D eigenvalue weighted by atomic mass is 127. The fraction of sp³-hybridized carbons (Fsp3) is 0.611. The molecule has 1 aromatic heterocycles. The molecule has 3 heterocycles. The second-order valence-corrected chi connectivity index (χ2v) is 7.77. The number of urea groups is 1. The zero-order valence-corrected chi connectivity index (χ0v) is 19.9. The number of hydrogen-bond acceptors (Lipinski definition) is 6. The average molecular weight is 536 g/mol. The summed E-state index contributed by atoms with van der Waals surface area (Å²) in [5.41, 5.74) is 0. The van der Waals surface area contributed by atoms with Crippen LogP contribution in [0, 0.1) is 0 Å². The number of ether oxygens (including phenoxy) is 1. The van der Waals surface area contributed by atoms with Gasteiger partial charge in [0.25, 0.3) is 0 Å². The molecule has 0 bridgehead atoms. The third kappa shape index (κ3) is 6.52. The molecule has 3 N–H and O–H groups in total. The van der Waals surface area contributed by atoms with Crippen LogP contribution in [0.3, 0.4) is 0 Å². The van der Waals surface area contributed by atoms with E-state index in [-0.39, 0.29) is 54.6 Å². The lowest BCUT2D eigenvalue weighted by molar-refractivity contribution is -0.124. The second kappa shape index (κ2) is 11.7. The van der Waals surface area contributed by atoms with Gasteiger partial charge in [-0.25, -0.2) is 4.79 Å². The Labute approximate surface area is 192 Å². The quantitative estimate of drug-likeness (QED) is 0.207. The number of halogens is 1. The highest BCUT2D eigenvalue weighted by molar-refractivity contribution is 14.0. The topological polar surface area (TPSA) is 98.3 Å². The summed E-state index contributed by atoms with van der Waals surface area (Å²) >= 11 is 1.75. The molecular weight excluding hydrogens is 507 g/mol. The Balaban J connectivity index is 0.00000300. The highest BCUT2D eigenvalue weighted by Crippen LogP contribution is 2.26. The molecule has 0 spiro atoms. The summed E-state index contributed by atoms with van der Waals surface area (Å²) in [4.78, 5) is 32.4. The van der Waals surface area contributed by atoms with Crippen LogP contribution < -0.4 is 16.0 Å². The molecule has 2 aliphatic heterocycles. The zero-order chi connectivity index (χ0) is 19.9. The Hall–Kier alpha value is -1.44. The third-order valence-electron chi connectivity index (χ3n) is 4.84. The Morgan fingerprint density at radius 1 is 1.45 bits per heavy atom. The lowest BCUT2D eigenvalue weighted by atomic mass is 10.1. The van der Waals surface area contributed by atoms with E-state index in [1.54, 1.807) is 18.4 Å². The van der Waals surface area contributed by atoms with E-state index in [0.717, 1.165) is 19.7 Å². The maximum Gasteiger partial charge on any atom is 0.324 e. The normalized spacial score (nSPS) is 21.5. The van der Waals surface area contributed by atoms with Crippen molar-refractivity contribution in [3.63, 3.8) is 0 Å². The number of imide groups is 1. The number of carbonyl (C=O) groups excluding carboxylic acids is 2. The smallest absolute Gasteiger partial charge is 0.324 e. The first-order valence-electron chi connectivity index (χ1n) is 9.50. The van der Waals surface area contributed by atoms with Crippen LogP contribution in [0.15, 0.2) is 22.5 Å². The zero-order valence-electron chi connectivity index (χ0n) is 16.7. The molecule has 162 valence electrons. The van der Waals surface area contributed by atoms with Gasteiger partial charge in [0.1, 0.15) is 0 Å². The third-order valence-corrected chi connectivity index (χ3v) is 5.81. The number of aliphatic imine (C=N–C) groups is 1. The van der Waals surface area contributed by atoms with Crippen molar-refractivity contribution in [1.82, 2.24) is 25.8 Å². The van der Waals surface area contributed by atoms with Crippen LogP contribution in [0.2, 0.25) is 0 Å². The minimum absolute atomic E-state index is 0. The summed E-state index contributed by atoms with van der Waals surface area (Å²) in [5, 5.41) is 11.2. The number of morpholine rings is 1. The maximum absolute atomic E-state index is 11.6. The lowest BCUT2D eigenvalue weighted by Crippen LogP contribution is -2.48. The number of hydrogen-bond donors (Lipinski definition) is 3. The molecule has 2 unspecified atom stereocenters. The summed E-state index contributed by atoms with van der Waals surface area (Å²) in [5.74, 6) is 0.448. The predicted octanol–water partition coefficient (Wildman–Crippen LogP) is 0.845. The Morgan fingerprint density at radius 2 is 2.28 bits per heavy atom. The van der Waals surface area contributed by atoms with Gasteiger partial charge >= 0.3 is 6.03 Å². The highest BCUT2D eigenvalue weighted by Gasteiger charge is 2.28. The van der Waals surface area contributed by atoms with Crippen LogP contribution in [-0.2, 0) is 9.53 Å². The van der Waals surface area contributed by atoms with E-state index in [4.69, 9.17) is 4.74 Å². The van der Waals surface area contributed by atoms with Crippen molar-refractivity contribution < 1.29 is 14.3 Å². The lowest BCUT2D eigenvalue weighted by Gasteiger charge is -2.37. The number of guanidine groups is 1. The molecule has 3 rings (SSSR count). The van der Waals surface area contributed by atoms with E-state index in [9.17, 15) is 9.59 Å². The summed E-state index contributed by atoms with van der Waals surface area (Å²) in [6, 6.07) is 4.12. The number of amides is 3. The minimum Gasteiger partial charge on any atom is -0.376 e. The van der Waals surface area contributed by atoms with Gasteiger partial charge < -0.3 is 20.7 Å². The molecule has 2 aliphatic rings. The van der Waals surface area contributed by atoms with Gasteiger partial charge in [-0.1, -0.05) is 6.07 Å². The van der Waals surface area contributed by atoms with Crippen molar-refractivity contribution in [2.24, 2.45) is 4.99 Å². The SMILES string of the molecule is CN=C(NCCN1C(=O)CNC1=O)NCC(c1cccs1)N1CCOC(C)C1.I. The Bertz CT molecular complexity index is 686. The van der Waals surface area contributed by atoms with Gasteiger partial charge in [0.15, 0.2) is 5.96 Å². The summed E-state index contributed by atoms with van der Waals surface area (Å²) in [7, 11) is 1.71. The van der Waals surface area contributed by atoms with Gasteiger partial charge in [0, 0.05) is 44.6 Å². The van der Waals surface area contributed by atoms with E-state index in [1.165, 1.54) is 9.78 Å². The summed E-state index contributed by atoms with van der Waals surface area (Å²) < 4.78 is 5.68. The molecule has 29 heavy (non-hydrogen) atoms. The van der Waals surface area contributed by atoms with Gasteiger partial charge in [-0.2, -0.15) is 0 Å². The molecule has 0 aliphatic carbocycles. The minimum atomic E-state index is -0.339. The van der Waals surface area contributed by atoms with Crippen molar-refractivity contribution in [3.8, 4) is 0 Å². The van der Waals surface area contributed by atoms with Crippen LogP contribution >= 0.6 is 35.3 Å². The van der Waals surface area contributed by atoms with Gasteiger partial charge in [0.05, 0.1) is 25.3 Å². The molecule has 9 nitrogen and oxygen atoms in total. The summed E-state index contributed by atoms with van der Waals surface area (Å²) in [6.45, 7) is 6.15. The molecule has 3 amide bonds. The number of carbonyl (C=O) groups is 2. The Kier molecular flexibility index (Phi) is 9.59. The van der Waals surface area contributed by atoms with Crippen molar-refractivity contribution in [3.05, 3.63) is 22.4 Å². The van der Waals surface area contributed by atoms with Crippen molar-refractivity contribution >= 4 is 53.2 Å².